The fourth-order valence-electron chi connectivity index (χ4n) is 4.05. The first-order valence-electron chi connectivity index (χ1n) is 10.4. The zero-order valence-corrected chi connectivity index (χ0v) is 18.3. The third-order valence-electron chi connectivity index (χ3n) is 5.48. The van der Waals surface area contributed by atoms with Crippen molar-refractivity contribution in [3.8, 4) is 17.0 Å². The Balaban J connectivity index is 1.53. The van der Waals surface area contributed by atoms with Crippen LogP contribution in [0.15, 0.2) is 36.4 Å². The van der Waals surface area contributed by atoms with Crippen LogP contribution >= 0.6 is 11.3 Å². The second-order valence-electron chi connectivity index (χ2n) is 8.46. The van der Waals surface area contributed by atoms with Gasteiger partial charge in [-0.1, -0.05) is 17.4 Å². The highest BCUT2D eigenvalue weighted by Crippen LogP contribution is 2.42. The monoisotopic (exact) mass is 436 g/mol. The highest BCUT2D eigenvalue weighted by atomic mass is 32.1. The lowest BCUT2D eigenvalue weighted by atomic mass is 9.94. The molecule has 1 aromatic carbocycles. The number of ether oxygens (including phenoxy) is 1. The van der Waals surface area contributed by atoms with E-state index in [1.165, 1.54) is 11.3 Å². The molecular weight excluding hydrogens is 412 g/mol. The summed E-state index contributed by atoms with van der Waals surface area (Å²) in [5, 5.41) is 13.1. The standard InChI is InChI=1S/C23H24N4O3S/c1-23(2)13-17-20(21(29)26-23)31-22(25-17)27-9-11-30-19-7-6-14(12-18(19)27)16-5-3-4-15(24-16)8-10-28/h3-7,12,28H,8-11,13H2,1-2H3,(H,26,29). The average molecular weight is 437 g/mol. The highest BCUT2D eigenvalue weighted by Gasteiger charge is 2.34. The number of amides is 1. The van der Waals surface area contributed by atoms with Crippen molar-refractivity contribution >= 4 is 28.1 Å². The first-order chi connectivity index (χ1) is 14.9. The normalized spacial score (nSPS) is 16.9. The van der Waals surface area contributed by atoms with Gasteiger partial charge in [0, 0.05) is 36.2 Å². The lowest BCUT2D eigenvalue weighted by molar-refractivity contribution is 0.0901. The SMILES string of the molecule is CC1(C)Cc2nc(N3CCOc4ccc(-c5cccc(CCO)n5)cc43)sc2C(=O)N1. The van der Waals surface area contributed by atoms with E-state index in [1.54, 1.807) is 0 Å². The fraction of sp³-hybridized carbons (Fsp3) is 0.348. The summed E-state index contributed by atoms with van der Waals surface area (Å²) in [5.41, 5.74) is 4.15. The summed E-state index contributed by atoms with van der Waals surface area (Å²) >= 11 is 1.43. The van der Waals surface area contributed by atoms with Gasteiger partial charge in [0.05, 0.1) is 23.6 Å². The number of carbonyl (C=O) groups is 1. The van der Waals surface area contributed by atoms with Crippen molar-refractivity contribution in [2.24, 2.45) is 0 Å². The number of anilines is 2. The van der Waals surface area contributed by atoms with E-state index in [2.05, 4.69) is 21.3 Å². The summed E-state index contributed by atoms with van der Waals surface area (Å²) in [4.78, 5) is 24.9. The maximum absolute atomic E-state index is 12.6. The third-order valence-corrected chi connectivity index (χ3v) is 6.60. The number of hydrogen-bond donors (Lipinski definition) is 2. The Hall–Kier alpha value is -2.97. The summed E-state index contributed by atoms with van der Waals surface area (Å²) in [6.07, 6.45) is 1.24. The van der Waals surface area contributed by atoms with Crippen molar-refractivity contribution in [2.45, 2.75) is 32.2 Å². The van der Waals surface area contributed by atoms with E-state index in [4.69, 9.17) is 9.72 Å². The molecule has 0 aliphatic carbocycles. The number of hydrogen-bond acceptors (Lipinski definition) is 7. The van der Waals surface area contributed by atoms with Crippen LogP contribution in [0.2, 0.25) is 0 Å². The lowest BCUT2D eigenvalue weighted by Crippen LogP contribution is -2.48. The molecule has 2 aliphatic rings. The Bertz CT molecular complexity index is 1160. The van der Waals surface area contributed by atoms with Gasteiger partial charge < -0.3 is 20.1 Å². The van der Waals surface area contributed by atoms with E-state index in [1.807, 2.05) is 44.2 Å². The van der Waals surface area contributed by atoms with Gasteiger partial charge in [0.25, 0.3) is 5.91 Å². The molecule has 0 unspecified atom stereocenters. The van der Waals surface area contributed by atoms with Gasteiger partial charge in [-0.15, -0.1) is 0 Å². The Kier molecular flexibility index (Phi) is 4.91. The summed E-state index contributed by atoms with van der Waals surface area (Å²) < 4.78 is 5.89. The molecule has 1 amide bonds. The van der Waals surface area contributed by atoms with E-state index >= 15 is 0 Å². The van der Waals surface area contributed by atoms with Crippen LogP contribution < -0.4 is 15.0 Å². The first-order valence-corrected chi connectivity index (χ1v) is 11.2. The Morgan fingerprint density at radius 3 is 2.97 bits per heavy atom. The minimum absolute atomic E-state index is 0.0536. The van der Waals surface area contributed by atoms with Crippen LogP contribution in [-0.4, -0.2) is 46.3 Å². The highest BCUT2D eigenvalue weighted by molar-refractivity contribution is 7.17. The Morgan fingerprint density at radius 1 is 1.26 bits per heavy atom. The molecule has 0 atom stereocenters. The topological polar surface area (TPSA) is 87.6 Å². The summed E-state index contributed by atoms with van der Waals surface area (Å²) in [5.74, 6) is 0.738. The lowest BCUT2D eigenvalue weighted by Gasteiger charge is -2.29. The predicted molar refractivity (Wildman–Crippen MR) is 120 cm³/mol. The van der Waals surface area contributed by atoms with Crippen molar-refractivity contribution in [3.05, 3.63) is 52.7 Å². The van der Waals surface area contributed by atoms with Crippen molar-refractivity contribution < 1.29 is 14.6 Å². The van der Waals surface area contributed by atoms with Gasteiger partial charge in [-0.2, -0.15) is 0 Å². The van der Waals surface area contributed by atoms with Gasteiger partial charge in [0.1, 0.15) is 17.2 Å². The molecule has 0 radical (unpaired) electrons. The number of aliphatic hydroxyl groups excluding tert-OH is 1. The minimum atomic E-state index is -0.295. The molecule has 4 heterocycles. The number of nitrogens with zero attached hydrogens (tertiary/aromatic N) is 3. The number of thiazole rings is 1. The fourth-order valence-corrected chi connectivity index (χ4v) is 5.07. The number of aliphatic hydroxyl groups is 1. The number of nitrogens with one attached hydrogen (secondary N) is 1. The van der Waals surface area contributed by atoms with Crippen LogP contribution in [-0.2, 0) is 12.8 Å². The molecule has 8 heteroatoms. The maximum Gasteiger partial charge on any atom is 0.263 e. The van der Waals surface area contributed by atoms with Gasteiger partial charge in [-0.05, 0) is 44.2 Å². The van der Waals surface area contributed by atoms with Crippen LogP contribution in [0.25, 0.3) is 11.3 Å². The second kappa shape index (κ2) is 7.62. The van der Waals surface area contributed by atoms with E-state index in [-0.39, 0.29) is 18.1 Å². The molecule has 2 aliphatic heterocycles. The molecule has 31 heavy (non-hydrogen) atoms. The van der Waals surface area contributed by atoms with E-state index in [0.717, 1.165) is 39.2 Å². The number of aromatic nitrogens is 2. The molecule has 3 aromatic rings. The molecule has 0 fully saturated rings. The Morgan fingerprint density at radius 2 is 2.13 bits per heavy atom. The Labute approximate surface area is 184 Å². The molecule has 0 saturated carbocycles. The van der Waals surface area contributed by atoms with Gasteiger partial charge >= 0.3 is 0 Å². The summed E-state index contributed by atoms with van der Waals surface area (Å²) in [7, 11) is 0. The van der Waals surface area contributed by atoms with Gasteiger partial charge in [-0.25, -0.2) is 4.98 Å². The molecule has 7 nitrogen and oxygen atoms in total. The van der Waals surface area contributed by atoms with Crippen LogP contribution in [0.5, 0.6) is 5.75 Å². The first kappa shape index (κ1) is 20.0. The molecular formula is C23H24N4O3S. The van der Waals surface area contributed by atoms with Crippen molar-refractivity contribution in [2.75, 3.05) is 24.7 Å². The second-order valence-corrected chi connectivity index (χ2v) is 9.43. The molecule has 0 spiro atoms. The number of pyridine rings is 1. The van der Waals surface area contributed by atoms with E-state index < -0.39 is 0 Å². The van der Waals surface area contributed by atoms with Crippen molar-refractivity contribution in [1.29, 1.82) is 0 Å². The number of carbonyl (C=O) groups excluding carboxylic acids is 1. The zero-order valence-electron chi connectivity index (χ0n) is 17.5. The number of fused-ring (bicyclic) bond motifs is 2. The molecule has 160 valence electrons. The summed E-state index contributed by atoms with van der Waals surface area (Å²) in [6, 6.07) is 11.8. The van der Waals surface area contributed by atoms with Crippen LogP contribution in [0.3, 0.4) is 0 Å². The van der Waals surface area contributed by atoms with Crippen LogP contribution in [0.4, 0.5) is 10.8 Å². The van der Waals surface area contributed by atoms with Crippen molar-refractivity contribution in [1.82, 2.24) is 15.3 Å². The predicted octanol–water partition coefficient (Wildman–Crippen LogP) is 3.33. The molecule has 0 bridgehead atoms. The van der Waals surface area contributed by atoms with Gasteiger partial charge in [0.2, 0.25) is 0 Å². The van der Waals surface area contributed by atoms with E-state index in [0.29, 0.717) is 30.9 Å². The van der Waals surface area contributed by atoms with Gasteiger partial charge in [-0.3, -0.25) is 9.78 Å². The maximum atomic E-state index is 12.6. The summed E-state index contributed by atoms with van der Waals surface area (Å²) in [6.45, 7) is 5.31. The van der Waals surface area contributed by atoms with E-state index in [9.17, 15) is 9.90 Å². The molecule has 2 N–H and O–H groups in total. The minimum Gasteiger partial charge on any atom is -0.490 e. The number of benzene rings is 1. The van der Waals surface area contributed by atoms with Crippen molar-refractivity contribution in [3.63, 3.8) is 0 Å². The zero-order chi connectivity index (χ0) is 21.6. The van der Waals surface area contributed by atoms with Crippen LogP contribution in [0.1, 0.15) is 34.9 Å². The largest absolute Gasteiger partial charge is 0.490 e. The van der Waals surface area contributed by atoms with Crippen LogP contribution in [0, 0.1) is 0 Å². The molecule has 2 aromatic heterocycles. The van der Waals surface area contributed by atoms with Gasteiger partial charge in [0.15, 0.2) is 5.13 Å². The molecule has 5 rings (SSSR count). The third kappa shape index (κ3) is 3.77. The quantitative estimate of drug-likeness (QED) is 0.652. The average Bonchev–Trinajstić information content (AvgIpc) is 3.16. The number of rotatable bonds is 4. The smallest absolute Gasteiger partial charge is 0.263 e. The molecule has 0 saturated heterocycles.